The van der Waals surface area contributed by atoms with Gasteiger partial charge in [0, 0.05) is 11.6 Å². The van der Waals surface area contributed by atoms with E-state index in [-0.39, 0.29) is 24.4 Å². The van der Waals surface area contributed by atoms with E-state index in [4.69, 9.17) is 5.73 Å². The average Bonchev–Trinajstić information content (AvgIpc) is 2.40. The highest BCUT2D eigenvalue weighted by Crippen LogP contribution is 2.53. The summed E-state index contributed by atoms with van der Waals surface area (Å²) in [4.78, 5) is 11.5. The molecule has 19 heavy (non-hydrogen) atoms. The maximum Gasteiger partial charge on any atom is 0.316 e. The molecule has 0 amide bonds. The van der Waals surface area contributed by atoms with E-state index in [9.17, 15) is 18.7 Å². The number of nitrogens with two attached hydrogens (primary N) is 1. The fraction of sp³-hybridized carbons (Fsp3) is 0.500. The number of rotatable bonds is 3. The Morgan fingerprint density at radius 3 is 2.26 bits per heavy atom. The van der Waals surface area contributed by atoms with Gasteiger partial charge in [0.25, 0.3) is 5.92 Å². The Kier molecular flexibility index (Phi) is 3.58. The molecule has 1 aliphatic carbocycles. The molecular formula is C14H17F2NO2. The van der Waals surface area contributed by atoms with Gasteiger partial charge in [-0.3, -0.25) is 4.79 Å². The van der Waals surface area contributed by atoms with E-state index in [0.29, 0.717) is 12.8 Å². The van der Waals surface area contributed by atoms with Crippen molar-refractivity contribution in [2.75, 3.05) is 0 Å². The predicted octanol–water partition coefficient (Wildman–Crippen LogP) is 2.75. The lowest BCUT2D eigenvalue weighted by Gasteiger charge is -2.41. The standard InChI is InChI=1S/C14H17F2NO2/c15-14(16,10-4-2-1-3-5-10)13(12(18)19)8-6-11(17)7-9-13/h1-5,11H,6-9,17H2,(H,18,19). The molecule has 1 aromatic carbocycles. The Bertz CT molecular complexity index is 454. The Balaban J connectivity index is 2.42. The van der Waals surface area contributed by atoms with Crippen molar-refractivity contribution < 1.29 is 18.7 Å². The Morgan fingerprint density at radius 1 is 1.26 bits per heavy atom. The summed E-state index contributed by atoms with van der Waals surface area (Å²) in [6.45, 7) is 0. The zero-order chi connectivity index (χ0) is 14.1. The Hall–Kier alpha value is -1.49. The van der Waals surface area contributed by atoms with Crippen LogP contribution in [0.15, 0.2) is 30.3 Å². The van der Waals surface area contributed by atoms with E-state index in [1.54, 1.807) is 6.07 Å². The van der Waals surface area contributed by atoms with Crippen LogP contribution in [-0.2, 0) is 10.7 Å². The molecule has 1 fully saturated rings. The zero-order valence-electron chi connectivity index (χ0n) is 10.5. The maximum absolute atomic E-state index is 14.7. The molecule has 104 valence electrons. The summed E-state index contributed by atoms with van der Waals surface area (Å²) in [5.74, 6) is -4.83. The van der Waals surface area contributed by atoms with Crippen LogP contribution in [0.3, 0.4) is 0 Å². The highest BCUT2D eigenvalue weighted by molar-refractivity contribution is 5.76. The van der Waals surface area contributed by atoms with E-state index in [1.807, 2.05) is 0 Å². The molecule has 0 aliphatic heterocycles. The molecule has 3 N–H and O–H groups in total. The minimum atomic E-state index is -3.39. The van der Waals surface area contributed by atoms with Crippen molar-refractivity contribution in [2.24, 2.45) is 11.1 Å². The van der Waals surface area contributed by atoms with Crippen LogP contribution in [0, 0.1) is 5.41 Å². The van der Waals surface area contributed by atoms with Gasteiger partial charge in [-0.2, -0.15) is 0 Å². The van der Waals surface area contributed by atoms with Crippen molar-refractivity contribution >= 4 is 5.97 Å². The minimum Gasteiger partial charge on any atom is -0.481 e. The molecule has 3 nitrogen and oxygen atoms in total. The van der Waals surface area contributed by atoms with E-state index < -0.39 is 17.3 Å². The van der Waals surface area contributed by atoms with Crippen LogP contribution in [0.2, 0.25) is 0 Å². The van der Waals surface area contributed by atoms with E-state index in [2.05, 4.69) is 0 Å². The molecule has 1 saturated carbocycles. The quantitative estimate of drug-likeness (QED) is 0.886. The first-order chi connectivity index (χ1) is 8.90. The van der Waals surface area contributed by atoms with Gasteiger partial charge < -0.3 is 10.8 Å². The number of aliphatic carboxylic acids is 1. The highest BCUT2D eigenvalue weighted by atomic mass is 19.3. The van der Waals surface area contributed by atoms with Gasteiger partial charge in [0.15, 0.2) is 0 Å². The second-order valence-corrected chi connectivity index (χ2v) is 5.17. The van der Waals surface area contributed by atoms with Crippen molar-refractivity contribution in [1.29, 1.82) is 0 Å². The van der Waals surface area contributed by atoms with Crippen molar-refractivity contribution in [3.05, 3.63) is 35.9 Å². The highest BCUT2D eigenvalue weighted by Gasteiger charge is 2.60. The first-order valence-corrected chi connectivity index (χ1v) is 6.32. The number of halogens is 2. The topological polar surface area (TPSA) is 63.3 Å². The lowest BCUT2D eigenvalue weighted by molar-refractivity contribution is -0.190. The summed E-state index contributed by atoms with van der Waals surface area (Å²) in [6, 6.07) is 6.99. The lowest BCUT2D eigenvalue weighted by atomic mass is 9.66. The van der Waals surface area contributed by atoms with Crippen molar-refractivity contribution in [3.63, 3.8) is 0 Å². The maximum atomic E-state index is 14.7. The molecule has 5 heteroatoms. The van der Waals surface area contributed by atoms with Gasteiger partial charge in [0.1, 0.15) is 5.41 Å². The molecule has 0 saturated heterocycles. The Morgan fingerprint density at radius 2 is 1.79 bits per heavy atom. The van der Waals surface area contributed by atoms with Gasteiger partial charge in [-0.25, -0.2) is 8.78 Å². The van der Waals surface area contributed by atoms with Crippen molar-refractivity contribution in [2.45, 2.75) is 37.6 Å². The van der Waals surface area contributed by atoms with Gasteiger partial charge in [-0.1, -0.05) is 30.3 Å². The third-order valence-corrected chi connectivity index (χ3v) is 4.03. The molecule has 0 bridgehead atoms. The fourth-order valence-corrected chi connectivity index (χ4v) is 2.72. The zero-order valence-corrected chi connectivity index (χ0v) is 10.5. The third-order valence-electron chi connectivity index (χ3n) is 4.03. The average molecular weight is 269 g/mol. The number of benzene rings is 1. The monoisotopic (exact) mass is 269 g/mol. The summed E-state index contributed by atoms with van der Waals surface area (Å²) in [5, 5.41) is 9.35. The number of alkyl halides is 2. The van der Waals surface area contributed by atoms with Crippen molar-refractivity contribution in [1.82, 2.24) is 0 Å². The summed E-state index contributed by atoms with van der Waals surface area (Å²) in [5.41, 5.74) is 3.42. The van der Waals surface area contributed by atoms with E-state index in [0.717, 1.165) is 0 Å². The molecule has 0 spiro atoms. The first kappa shape index (κ1) is 13.9. The smallest absolute Gasteiger partial charge is 0.316 e. The molecule has 0 unspecified atom stereocenters. The third kappa shape index (κ3) is 2.23. The van der Waals surface area contributed by atoms with Gasteiger partial charge in [0.05, 0.1) is 0 Å². The molecule has 1 aromatic rings. The molecule has 0 aromatic heterocycles. The Labute approximate surface area is 110 Å². The molecule has 0 atom stereocenters. The summed E-state index contributed by atoms with van der Waals surface area (Å²) in [7, 11) is 0. The summed E-state index contributed by atoms with van der Waals surface area (Å²) >= 11 is 0. The first-order valence-electron chi connectivity index (χ1n) is 6.32. The van der Waals surface area contributed by atoms with Gasteiger partial charge in [-0.05, 0) is 25.7 Å². The number of hydrogen-bond donors (Lipinski definition) is 2. The molecule has 2 rings (SSSR count). The summed E-state index contributed by atoms with van der Waals surface area (Å²) in [6.07, 6.45) is 0.445. The molecule has 0 heterocycles. The number of hydrogen-bond acceptors (Lipinski definition) is 2. The van der Waals surface area contributed by atoms with E-state index >= 15 is 0 Å². The van der Waals surface area contributed by atoms with Crippen LogP contribution in [0.4, 0.5) is 8.78 Å². The van der Waals surface area contributed by atoms with Gasteiger partial charge in [0.2, 0.25) is 0 Å². The summed E-state index contributed by atoms with van der Waals surface area (Å²) < 4.78 is 29.3. The minimum absolute atomic E-state index is 0.0919. The second kappa shape index (κ2) is 4.89. The van der Waals surface area contributed by atoms with Crippen molar-refractivity contribution in [3.8, 4) is 0 Å². The predicted molar refractivity (Wildman–Crippen MR) is 66.8 cm³/mol. The van der Waals surface area contributed by atoms with Crippen LogP contribution >= 0.6 is 0 Å². The molecular weight excluding hydrogens is 252 g/mol. The van der Waals surface area contributed by atoms with Gasteiger partial charge in [-0.15, -0.1) is 0 Å². The fourth-order valence-electron chi connectivity index (χ4n) is 2.72. The number of carboxylic acids is 1. The second-order valence-electron chi connectivity index (χ2n) is 5.17. The number of carbonyl (C=O) groups is 1. The molecule has 0 radical (unpaired) electrons. The van der Waals surface area contributed by atoms with Crippen LogP contribution < -0.4 is 5.73 Å². The van der Waals surface area contributed by atoms with Crippen LogP contribution in [-0.4, -0.2) is 17.1 Å². The normalized spacial score (nSPS) is 28.1. The van der Waals surface area contributed by atoms with Crippen LogP contribution in [0.1, 0.15) is 31.2 Å². The molecule has 1 aliphatic rings. The number of carboxylic acid groups (broad SMARTS) is 1. The SMILES string of the molecule is NC1CCC(C(=O)O)(C(F)(F)c2ccccc2)CC1. The van der Waals surface area contributed by atoms with E-state index in [1.165, 1.54) is 24.3 Å². The van der Waals surface area contributed by atoms with Gasteiger partial charge >= 0.3 is 5.97 Å². The largest absolute Gasteiger partial charge is 0.481 e. The van der Waals surface area contributed by atoms with Crippen LogP contribution in [0.5, 0.6) is 0 Å². The van der Waals surface area contributed by atoms with Crippen LogP contribution in [0.25, 0.3) is 0 Å². The lowest BCUT2D eigenvalue weighted by Crippen LogP contribution is -2.49.